The number of thiazole rings is 1. The van der Waals surface area contributed by atoms with E-state index in [1.54, 1.807) is 11.3 Å². The first-order valence-electron chi connectivity index (χ1n) is 21.9. The van der Waals surface area contributed by atoms with Crippen molar-refractivity contribution in [2.75, 3.05) is 9.80 Å². The number of rotatable bonds is 11. The van der Waals surface area contributed by atoms with Crippen molar-refractivity contribution in [2.24, 2.45) is 0 Å². The van der Waals surface area contributed by atoms with Gasteiger partial charge in [0.15, 0.2) is 0 Å². The van der Waals surface area contributed by atoms with Gasteiger partial charge in [0.2, 0.25) is 0 Å². The first-order chi connectivity index (χ1) is 32.2. The van der Waals surface area contributed by atoms with E-state index in [1.807, 2.05) is 0 Å². The Hall–Kier alpha value is -8.31. The molecule has 11 rings (SSSR count). The molecule has 0 aliphatic rings. The van der Waals surface area contributed by atoms with Gasteiger partial charge in [0, 0.05) is 39.7 Å². The molecule has 0 atom stereocenters. The predicted octanol–water partition coefficient (Wildman–Crippen LogP) is 17.6. The van der Waals surface area contributed by atoms with Crippen LogP contribution in [0.15, 0.2) is 261 Å². The number of fused-ring (bicyclic) bond motifs is 1. The maximum atomic E-state index is 5.19. The van der Waals surface area contributed by atoms with Crippen molar-refractivity contribution in [1.82, 2.24) is 4.98 Å². The number of benzene rings is 10. The Balaban J connectivity index is 0.956. The molecule has 0 amide bonds. The smallest absolute Gasteiger partial charge is 0.124 e. The van der Waals surface area contributed by atoms with Gasteiger partial charge in [-0.2, -0.15) is 0 Å². The molecule has 308 valence electrons. The Bertz CT molecular complexity index is 3340. The minimum absolute atomic E-state index is 0.980. The molecule has 0 saturated heterocycles. The zero-order valence-electron chi connectivity index (χ0n) is 35.6. The van der Waals surface area contributed by atoms with Gasteiger partial charge in [0.1, 0.15) is 5.01 Å². The maximum Gasteiger partial charge on any atom is 0.124 e. The molecule has 1 heterocycles. The highest BCUT2D eigenvalue weighted by Gasteiger charge is 2.20. The van der Waals surface area contributed by atoms with Crippen LogP contribution in [-0.2, 0) is 0 Å². The first kappa shape index (κ1) is 39.5. The van der Waals surface area contributed by atoms with E-state index in [2.05, 4.69) is 271 Å². The molecule has 0 bridgehead atoms. The highest BCUT2D eigenvalue weighted by Crippen LogP contribution is 2.44. The Morgan fingerprint density at radius 1 is 0.262 bits per heavy atom. The predicted molar refractivity (Wildman–Crippen MR) is 276 cm³/mol. The van der Waals surface area contributed by atoms with Crippen molar-refractivity contribution in [2.45, 2.75) is 0 Å². The lowest BCUT2D eigenvalue weighted by Crippen LogP contribution is -2.10. The third-order valence-electron chi connectivity index (χ3n) is 11.9. The lowest BCUT2D eigenvalue weighted by Gasteiger charge is -2.27. The lowest BCUT2D eigenvalue weighted by atomic mass is 9.93. The van der Waals surface area contributed by atoms with Crippen LogP contribution in [0.2, 0.25) is 0 Å². The van der Waals surface area contributed by atoms with Crippen LogP contribution in [0.4, 0.5) is 34.1 Å². The zero-order valence-corrected chi connectivity index (χ0v) is 36.4. The third kappa shape index (κ3) is 8.11. The second-order valence-electron chi connectivity index (χ2n) is 16.0. The molecule has 0 spiro atoms. The van der Waals surface area contributed by atoms with Crippen LogP contribution >= 0.6 is 11.3 Å². The van der Waals surface area contributed by atoms with E-state index in [9.17, 15) is 0 Å². The van der Waals surface area contributed by atoms with Crippen LogP contribution in [0.3, 0.4) is 0 Å². The van der Waals surface area contributed by atoms with E-state index in [0.717, 1.165) is 54.9 Å². The van der Waals surface area contributed by atoms with Gasteiger partial charge in [-0.25, -0.2) is 4.98 Å². The van der Waals surface area contributed by atoms with Crippen molar-refractivity contribution in [3.8, 4) is 55.1 Å². The standard InChI is InChI=1S/C61H43N3S/c1-7-19-44(20-8-1)55-38-35-52(41-57(55)46-23-11-3-12-24-46)63(49-27-15-5-16-28-49)51-33-31-48(32-34-51)61-62-59-40-37-54(43-60(59)65-61)64(50-29-17-6-18-30-50)53-36-39-56(45-21-9-2-10-22-45)58(42-53)47-25-13-4-14-26-47/h1-43H. The second kappa shape index (κ2) is 17.8. The van der Waals surface area contributed by atoms with Gasteiger partial charge in [-0.15, -0.1) is 11.3 Å². The minimum Gasteiger partial charge on any atom is -0.310 e. The fourth-order valence-corrected chi connectivity index (χ4v) is 9.78. The number of hydrogen-bond donors (Lipinski definition) is 0. The molecule has 3 nitrogen and oxygen atoms in total. The fourth-order valence-electron chi connectivity index (χ4n) is 8.77. The van der Waals surface area contributed by atoms with Crippen molar-refractivity contribution >= 4 is 55.7 Å². The van der Waals surface area contributed by atoms with Crippen LogP contribution in [0.1, 0.15) is 0 Å². The average Bonchev–Trinajstić information content (AvgIpc) is 3.82. The zero-order chi connectivity index (χ0) is 43.4. The van der Waals surface area contributed by atoms with Crippen LogP contribution in [0, 0.1) is 0 Å². The van der Waals surface area contributed by atoms with Gasteiger partial charge in [-0.05, 0) is 136 Å². The topological polar surface area (TPSA) is 19.4 Å². The SMILES string of the molecule is c1ccc(-c2ccc(N(c3ccccc3)c3ccc(-c4nc5ccc(N(c6ccccc6)c6ccc(-c7ccccc7)c(-c7ccccc7)c6)cc5s4)cc3)cc2-c2ccccc2)cc1. The summed E-state index contributed by atoms with van der Waals surface area (Å²) in [5.41, 5.74) is 18.1. The van der Waals surface area contributed by atoms with E-state index in [-0.39, 0.29) is 0 Å². The number of nitrogens with zero attached hydrogens (tertiary/aromatic N) is 3. The largest absolute Gasteiger partial charge is 0.310 e. The molecular weight excluding hydrogens is 807 g/mol. The van der Waals surface area contributed by atoms with E-state index >= 15 is 0 Å². The number of aromatic nitrogens is 1. The van der Waals surface area contributed by atoms with Gasteiger partial charge in [-0.1, -0.05) is 170 Å². The van der Waals surface area contributed by atoms with E-state index in [4.69, 9.17) is 4.98 Å². The summed E-state index contributed by atoms with van der Waals surface area (Å²) >= 11 is 1.73. The molecule has 4 heteroatoms. The minimum atomic E-state index is 0.980. The van der Waals surface area contributed by atoms with E-state index in [1.165, 1.54) is 44.5 Å². The van der Waals surface area contributed by atoms with Crippen LogP contribution in [0.5, 0.6) is 0 Å². The summed E-state index contributed by atoms with van der Waals surface area (Å²) in [6.07, 6.45) is 0. The molecule has 11 aromatic rings. The Kier molecular flexibility index (Phi) is 10.8. The fraction of sp³-hybridized carbons (Fsp3) is 0. The van der Waals surface area contributed by atoms with E-state index < -0.39 is 0 Å². The van der Waals surface area contributed by atoms with Gasteiger partial charge < -0.3 is 9.80 Å². The number of para-hydroxylation sites is 2. The summed E-state index contributed by atoms with van der Waals surface area (Å²) in [4.78, 5) is 9.88. The summed E-state index contributed by atoms with van der Waals surface area (Å²) in [5, 5.41) is 0.985. The highest BCUT2D eigenvalue weighted by atomic mass is 32.1. The monoisotopic (exact) mass is 849 g/mol. The quantitative estimate of drug-likeness (QED) is 0.129. The molecule has 1 aromatic heterocycles. The van der Waals surface area contributed by atoms with E-state index in [0.29, 0.717) is 0 Å². The number of hydrogen-bond acceptors (Lipinski definition) is 4. The average molecular weight is 850 g/mol. The lowest BCUT2D eigenvalue weighted by molar-refractivity contribution is 1.28. The first-order valence-corrected chi connectivity index (χ1v) is 22.8. The molecule has 0 N–H and O–H groups in total. The molecule has 0 unspecified atom stereocenters. The molecule has 0 radical (unpaired) electrons. The summed E-state index contributed by atoms with van der Waals surface area (Å²) in [6, 6.07) is 93.0. The molecule has 10 aromatic carbocycles. The molecule has 65 heavy (non-hydrogen) atoms. The Morgan fingerprint density at radius 3 is 1.05 bits per heavy atom. The highest BCUT2D eigenvalue weighted by molar-refractivity contribution is 7.21. The van der Waals surface area contributed by atoms with Crippen molar-refractivity contribution in [3.63, 3.8) is 0 Å². The summed E-state index contributed by atoms with van der Waals surface area (Å²) in [7, 11) is 0. The van der Waals surface area contributed by atoms with Gasteiger partial charge in [0.05, 0.1) is 10.2 Å². The Morgan fingerprint density at radius 2 is 0.600 bits per heavy atom. The molecule has 0 aliphatic carbocycles. The summed E-state index contributed by atoms with van der Waals surface area (Å²) < 4.78 is 1.13. The molecule has 0 fully saturated rings. The van der Waals surface area contributed by atoms with Crippen LogP contribution in [0.25, 0.3) is 65.3 Å². The maximum absolute atomic E-state index is 5.19. The molecule has 0 aliphatic heterocycles. The Labute approximate surface area is 384 Å². The van der Waals surface area contributed by atoms with Crippen molar-refractivity contribution in [1.29, 1.82) is 0 Å². The van der Waals surface area contributed by atoms with Gasteiger partial charge in [-0.3, -0.25) is 0 Å². The van der Waals surface area contributed by atoms with Crippen molar-refractivity contribution in [3.05, 3.63) is 261 Å². The summed E-state index contributed by atoms with van der Waals surface area (Å²) in [6.45, 7) is 0. The van der Waals surface area contributed by atoms with Crippen LogP contribution in [-0.4, -0.2) is 4.98 Å². The molecular formula is C61H43N3S. The van der Waals surface area contributed by atoms with Crippen molar-refractivity contribution < 1.29 is 0 Å². The summed E-state index contributed by atoms with van der Waals surface area (Å²) in [5.74, 6) is 0. The number of anilines is 6. The normalized spacial score (nSPS) is 11.1. The third-order valence-corrected chi connectivity index (χ3v) is 13.0. The van der Waals surface area contributed by atoms with Gasteiger partial charge in [0.25, 0.3) is 0 Å². The molecule has 0 saturated carbocycles. The second-order valence-corrected chi connectivity index (χ2v) is 17.0. The van der Waals surface area contributed by atoms with Gasteiger partial charge >= 0.3 is 0 Å². The van der Waals surface area contributed by atoms with Crippen LogP contribution < -0.4 is 9.80 Å².